The van der Waals surface area contributed by atoms with Crippen LogP contribution in [0.5, 0.6) is 5.88 Å². The molecule has 1 aromatic carbocycles. The van der Waals surface area contributed by atoms with Crippen LogP contribution in [0.15, 0.2) is 35.4 Å². The van der Waals surface area contributed by atoms with E-state index in [4.69, 9.17) is 11.6 Å². The van der Waals surface area contributed by atoms with Gasteiger partial charge in [-0.25, -0.2) is 4.98 Å². The molecule has 4 aromatic rings. The first kappa shape index (κ1) is 17.3. The normalized spacial score (nSPS) is 16.4. The number of piperidine rings is 1. The molecule has 3 N–H and O–H groups in total. The van der Waals surface area contributed by atoms with E-state index in [-0.39, 0.29) is 11.4 Å². The smallest absolute Gasteiger partial charge is 0.260 e. The molecule has 1 fully saturated rings. The van der Waals surface area contributed by atoms with Gasteiger partial charge in [-0.3, -0.25) is 4.79 Å². The van der Waals surface area contributed by atoms with Gasteiger partial charge in [-0.2, -0.15) is 0 Å². The number of aromatic amines is 2. The van der Waals surface area contributed by atoms with Crippen LogP contribution in [-0.4, -0.2) is 49.7 Å². The maximum Gasteiger partial charge on any atom is 0.260 e. The molecular formula is C20H20ClN5O2. The monoisotopic (exact) mass is 397 g/mol. The summed E-state index contributed by atoms with van der Waals surface area (Å²) < 4.78 is 1.98. The number of fused-ring (bicyclic) bond motifs is 2. The Balaban J connectivity index is 1.61. The van der Waals surface area contributed by atoms with Gasteiger partial charge in [-0.05, 0) is 51.2 Å². The molecule has 1 saturated heterocycles. The maximum absolute atomic E-state index is 12.2. The molecule has 1 aliphatic heterocycles. The fourth-order valence-electron chi connectivity index (χ4n) is 4.07. The summed E-state index contributed by atoms with van der Waals surface area (Å²) in [7, 11) is 2.12. The highest BCUT2D eigenvalue weighted by Gasteiger charge is 2.22. The highest BCUT2D eigenvalue weighted by Crippen LogP contribution is 2.36. The van der Waals surface area contributed by atoms with Crippen molar-refractivity contribution in [2.24, 2.45) is 0 Å². The number of likely N-dealkylation sites (tertiary alicyclic amines) is 1. The molecule has 0 unspecified atom stereocenters. The van der Waals surface area contributed by atoms with Gasteiger partial charge in [0, 0.05) is 29.2 Å². The molecule has 3 aromatic heterocycles. The van der Waals surface area contributed by atoms with Crippen LogP contribution in [0.4, 0.5) is 0 Å². The van der Waals surface area contributed by atoms with Crippen LogP contribution in [-0.2, 0) is 0 Å². The van der Waals surface area contributed by atoms with Crippen LogP contribution < -0.4 is 5.56 Å². The topological polar surface area (TPSA) is 89.9 Å². The van der Waals surface area contributed by atoms with Gasteiger partial charge in [0.2, 0.25) is 0 Å². The van der Waals surface area contributed by atoms with Crippen LogP contribution in [0.25, 0.3) is 33.2 Å². The molecule has 28 heavy (non-hydrogen) atoms. The first-order chi connectivity index (χ1) is 13.5. The lowest BCUT2D eigenvalue weighted by Gasteiger charge is -2.30. The van der Waals surface area contributed by atoms with Gasteiger partial charge in [0.05, 0.1) is 16.1 Å². The first-order valence-electron chi connectivity index (χ1n) is 9.30. The predicted octanol–water partition coefficient (Wildman–Crippen LogP) is 3.50. The fourth-order valence-corrected chi connectivity index (χ4v) is 4.31. The number of aromatic hydroxyl groups is 1. The van der Waals surface area contributed by atoms with Crippen molar-refractivity contribution in [3.05, 3.63) is 46.0 Å². The van der Waals surface area contributed by atoms with Crippen LogP contribution in [0.2, 0.25) is 5.02 Å². The molecule has 0 amide bonds. The summed E-state index contributed by atoms with van der Waals surface area (Å²) in [6.45, 7) is 2.05. The second kappa shape index (κ2) is 6.39. The number of imidazole rings is 1. The number of nitrogens with zero attached hydrogens (tertiary/aromatic N) is 3. The lowest BCUT2D eigenvalue weighted by atomic mass is 10.1. The Morgan fingerprint density at radius 3 is 2.82 bits per heavy atom. The highest BCUT2D eigenvalue weighted by molar-refractivity contribution is 6.33. The van der Waals surface area contributed by atoms with Gasteiger partial charge in [0.15, 0.2) is 5.88 Å². The van der Waals surface area contributed by atoms with E-state index < -0.39 is 0 Å². The molecule has 0 atom stereocenters. The summed E-state index contributed by atoms with van der Waals surface area (Å²) in [5.41, 5.74) is 1.49. The number of hydrogen-bond donors (Lipinski definition) is 3. The Hall–Kier alpha value is -2.77. The molecule has 4 heterocycles. The van der Waals surface area contributed by atoms with Crippen LogP contribution in [0.1, 0.15) is 18.9 Å². The van der Waals surface area contributed by atoms with Gasteiger partial charge in [0.1, 0.15) is 11.4 Å². The Bertz CT molecular complexity index is 1250. The van der Waals surface area contributed by atoms with Gasteiger partial charge >= 0.3 is 0 Å². The van der Waals surface area contributed by atoms with Gasteiger partial charge < -0.3 is 24.5 Å². The second-order valence-electron chi connectivity index (χ2n) is 7.47. The van der Waals surface area contributed by atoms with E-state index in [1.807, 2.05) is 22.9 Å². The van der Waals surface area contributed by atoms with Crippen LogP contribution in [0.3, 0.4) is 0 Å². The molecule has 0 radical (unpaired) electrons. The van der Waals surface area contributed by atoms with Crippen LogP contribution in [0, 0.1) is 0 Å². The number of rotatable bonds is 2. The van der Waals surface area contributed by atoms with Gasteiger partial charge in [-0.15, -0.1) is 0 Å². The fraction of sp³-hybridized carbons (Fsp3) is 0.300. The Labute approximate surface area is 165 Å². The molecule has 1 aliphatic rings. The third kappa shape index (κ3) is 2.70. The molecule has 7 nitrogen and oxygen atoms in total. The summed E-state index contributed by atoms with van der Waals surface area (Å²) in [5, 5.41) is 12.9. The number of H-pyrrole nitrogens is 2. The van der Waals surface area contributed by atoms with E-state index in [0.29, 0.717) is 28.0 Å². The molecule has 144 valence electrons. The number of pyridine rings is 1. The van der Waals surface area contributed by atoms with E-state index in [1.165, 1.54) is 6.20 Å². The van der Waals surface area contributed by atoms with Crippen LogP contribution >= 0.6 is 11.6 Å². The first-order valence-corrected chi connectivity index (χ1v) is 9.68. The van der Waals surface area contributed by atoms with Crippen molar-refractivity contribution in [3.63, 3.8) is 0 Å². The number of nitrogens with one attached hydrogen (secondary N) is 2. The summed E-state index contributed by atoms with van der Waals surface area (Å²) >= 11 is 6.19. The molecule has 0 bridgehead atoms. The van der Waals surface area contributed by atoms with E-state index >= 15 is 0 Å². The molecule has 0 spiro atoms. The van der Waals surface area contributed by atoms with Crippen molar-refractivity contribution in [1.82, 2.24) is 24.4 Å². The highest BCUT2D eigenvalue weighted by atomic mass is 35.5. The quantitative estimate of drug-likeness (QED) is 0.483. The number of halogens is 1. The third-order valence-electron chi connectivity index (χ3n) is 5.65. The van der Waals surface area contributed by atoms with E-state index in [0.717, 1.165) is 42.2 Å². The van der Waals surface area contributed by atoms with E-state index in [2.05, 4.69) is 26.9 Å². The van der Waals surface area contributed by atoms with Crippen molar-refractivity contribution in [3.8, 4) is 17.3 Å². The Morgan fingerprint density at radius 2 is 2.07 bits per heavy atom. The van der Waals surface area contributed by atoms with Crippen molar-refractivity contribution in [2.75, 3.05) is 20.1 Å². The number of aromatic nitrogens is 4. The average Bonchev–Trinajstić information content (AvgIpc) is 3.21. The molecule has 0 saturated carbocycles. The minimum Gasteiger partial charge on any atom is -0.494 e. The molecule has 0 aliphatic carbocycles. The minimum absolute atomic E-state index is 0.270. The zero-order valence-corrected chi connectivity index (χ0v) is 16.1. The van der Waals surface area contributed by atoms with Crippen molar-refractivity contribution in [1.29, 1.82) is 0 Å². The zero-order chi connectivity index (χ0) is 19.4. The van der Waals surface area contributed by atoms with E-state index in [9.17, 15) is 9.90 Å². The third-order valence-corrected chi connectivity index (χ3v) is 5.96. The molecule has 5 rings (SSSR count). The van der Waals surface area contributed by atoms with Crippen molar-refractivity contribution in [2.45, 2.75) is 18.9 Å². The predicted molar refractivity (Wildman–Crippen MR) is 110 cm³/mol. The standard InChI is InChI=1S/C20H20ClN5O2/c1-25-6-3-12(4-7-25)26-10-11-8-15-16(9-13(11)20(26)28)24-18(23-15)17-14(21)2-5-22-19(17)27/h2,5,8-10,12,28H,3-4,6-7H2,1H3,(H,22,27)(H,23,24). The second-order valence-corrected chi connectivity index (χ2v) is 7.87. The largest absolute Gasteiger partial charge is 0.494 e. The zero-order valence-electron chi connectivity index (χ0n) is 15.4. The van der Waals surface area contributed by atoms with E-state index in [1.54, 1.807) is 6.07 Å². The van der Waals surface area contributed by atoms with Gasteiger partial charge in [-0.1, -0.05) is 11.6 Å². The summed E-state index contributed by atoms with van der Waals surface area (Å²) in [5.74, 6) is 0.684. The van der Waals surface area contributed by atoms with Crippen molar-refractivity contribution >= 4 is 33.4 Å². The summed E-state index contributed by atoms with van der Waals surface area (Å²) in [6.07, 6.45) is 5.54. The number of hydrogen-bond acceptors (Lipinski definition) is 4. The summed E-state index contributed by atoms with van der Waals surface area (Å²) in [4.78, 5) is 24.8. The lowest BCUT2D eigenvalue weighted by Crippen LogP contribution is -2.31. The SMILES string of the molecule is CN1CCC(n2cc3cc4[nH]c(-c5c(Cl)cc[nH]c5=O)nc4cc3c2O)CC1. The van der Waals surface area contributed by atoms with Crippen molar-refractivity contribution < 1.29 is 5.11 Å². The maximum atomic E-state index is 12.2. The van der Waals surface area contributed by atoms with Gasteiger partial charge in [0.25, 0.3) is 5.56 Å². The molecule has 8 heteroatoms. The minimum atomic E-state index is -0.298. The Kier molecular flexibility index (Phi) is 3.96. The Morgan fingerprint density at radius 1 is 1.29 bits per heavy atom. The summed E-state index contributed by atoms with van der Waals surface area (Å²) in [6, 6.07) is 5.73. The molecular weight excluding hydrogens is 378 g/mol. The number of benzene rings is 1. The average molecular weight is 398 g/mol. The lowest BCUT2D eigenvalue weighted by molar-refractivity contribution is 0.213.